The molecule has 9 heteroatoms. The summed E-state index contributed by atoms with van der Waals surface area (Å²) in [6.45, 7) is 1.58. The third-order valence-corrected chi connectivity index (χ3v) is 4.61. The minimum absolute atomic E-state index is 0.0827. The Morgan fingerprint density at radius 2 is 1.92 bits per heavy atom. The number of benzene rings is 1. The molecule has 7 nitrogen and oxygen atoms in total. The van der Waals surface area contributed by atoms with Crippen LogP contribution < -0.4 is 16.0 Å². The van der Waals surface area contributed by atoms with Gasteiger partial charge in [-0.25, -0.2) is 4.98 Å². The quantitative estimate of drug-likeness (QED) is 0.741. The zero-order valence-corrected chi connectivity index (χ0v) is 15.3. The van der Waals surface area contributed by atoms with Crippen molar-refractivity contribution in [3.8, 4) is 0 Å². The van der Waals surface area contributed by atoms with Crippen molar-refractivity contribution in [3.05, 3.63) is 46.5 Å². The molecule has 136 valence electrons. The van der Waals surface area contributed by atoms with Crippen molar-refractivity contribution in [2.45, 2.75) is 12.8 Å². The number of nitrogens with one attached hydrogen (secondary N) is 3. The maximum absolute atomic E-state index is 12.3. The summed E-state index contributed by atoms with van der Waals surface area (Å²) in [5.74, 6) is -0.648. The molecule has 1 unspecified atom stereocenters. The highest BCUT2D eigenvalue weighted by molar-refractivity contribution is 6.40. The fraction of sp³-hybridized carbons (Fsp3) is 0.294. The molecule has 26 heavy (non-hydrogen) atoms. The molecule has 2 amide bonds. The van der Waals surface area contributed by atoms with Gasteiger partial charge in [0.05, 0.1) is 27.8 Å². The van der Waals surface area contributed by atoms with Crippen molar-refractivity contribution in [2.24, 2.45) is 5.92 Å². The van der Waals surface area contributed by atoms with Crippen LogP contribution in [0.1, 0.15) is 23.3 Å². The summed E-state index contributed by atoms with van der Waals surface area (Å²) in [6, 6.07) is 3.10. The Morgan fingerprint density at radius 1 is 1.15 bits per heavy atom. The lowest BCUT2D eigenvalue weighted by Gasteiger charge is -2.22. The zero-order chi connectivity index (χ0) is 18.5. The van der Waals surface area contributed by atoms with E-state index in [0.29, 0.717) is 12.2 Å². The Morgan fingerprint density at radius 3 is 2.54 bits per heavy atom. The normalized spacial score (nSPS) is 16.8. The molecule has 0 spiro atoms. The number of carbonyl (C=O) groups excluding carboxylic acids is 2. The maximum atomic E-state index is 12.3. The summed E-state index contributed by atoms with van der Waals surface area (Å²) in [4.78, 5) is 32.3. The molecule has 1 aromatic carbocycles. The van der Waals surface area contributed by atoms with E-state index < -0.39 is 5.91 Å². The van der Waals surface area contributed by atoms with Gasteiger partial charge in [0, 0.05) is 24.6 Å². The first-order chi connectivity index (χ1) is 12.5. The number of hydrogen-bond donors (Lipinski definition) is 3. The van der Waals surface area contributed by atoms with Crippen LogP contribution in [0.4, 0.5) is 11.4 Å². The van der Waals surface area contributed by atoms with E-state index in [1.165, 1.54) is 18.6 Å². The standard InChI is InChI=1S/C17H17Cl2N5O2/c18-12-6-11(23-16(25)10-2-1-3-20-8-10)7-13(19)15(12)24-17(26)14-9-21-4-5-22-14/h4-7,9-10,20H,1-3,8H2,(H,23,25)(H,24,26). The van der Waals surface area contributed by atoms with E-state index in [2.05, 4.69) is 25.9 Å². The van der Waals surface area contributed by atoms with E-state index >= 15 is 0 Å². The van der Waals surface area contributed by atoms with Crippen LogP contribution in [0.25, 0.3) is 0 Å². The Labute approximate surface area is 160 Å². The number of nitrogens with zero attached hydrogens (tertiary/aromatic N) is 2. The van der Waals surface area contributed by atoms with Gasteiger partial charge in [-0.2, -0.15) is 0 Å². The molecular formula is C17H17Cl2N5O2. The molecule has 1 aliphatic rings. The number of aromatic nitrogens is 2. The summed E-state index contributed by atoms with van der Waals surface area (Å²) >= 11 is 12.5. The minimum atomic E-state index is -0.480. The summed E-state index contributed by atoms with van der Waals surface area (Å²) < 4.78 is 0. The molecule has 1 atom stereocenters. The van der Waals surface area contributed by atoms with Crippen LogP contribution in [0, 0.1) is 5.92 Å². The van der Waals surface area contributed by atoms with Gasteiger partial charge in [-0.3, -0.25) is 14.6 Å². The minimum Gasteiger partial charge on any atom is -0.326 e. The average molecular weight is 394 g/mol. The van der Waals surface area contributed by atoms with E-state index in [9.17, 15) is 9.59 Å². The van der Waals surface area contributed by atoms with Gasteiger partial charge in [-0.05, 0) is 31.5 Å². The predicted octanol–water partition coefficient (Wildman–Crippen LogP) is 2.97. The van der Waals surface area contributed by atoms with Gasteiger partial charge in [0.1, 0.15) is 5.69 Å². The average Bonchev–Trinajstić information content (AvgIpc) is 2.66. The topological polar surface area (TPSA) is 96.0 Å². The molecule has 0 aliphatic carbocycles. The summed E-state index contributed by atoms with van der Waals surface area (Å²) in [7, 11) is 0. The number of hydrogen-bond acceptors (Lipinski definition) is 5. The zero-order valence-electron chi connectivity index (χ0n) is 13.8. The Kier molecular flexibility index (Phi) is 6.03. The fourth-order valence-electron chi connectivity index (χ4n) is 2.68. The van der Waals surface area contributed by atoms with Crippen LogP contribution in [0.15, 0.2) is 30.7 Å². The van der Waals surface area contributed by atoms with Crippen molar-refractivity contribution in [3.63, 3.8) is 0 Å². The molecule has 2 heterocycles. The monoisotopic (exact) mass is 393 g/mol. The third-order valence-electron chi connectivity index (χ3n) is 4.01. The van der Waals surface area contributed by atoms with Gasteiger partial charge in [-0.1, -0.05) is 23.2 Å². The smallest absolute Gasteiger partial charge is 0.275 e. The van der Waals surface area contributed by atoms with Gasteiger partial charge < -0.3 is 16.0 Å². The molecule has 3 N–H and O–H groups in total. The number of amides is 2. The largest absolute Gasteiger partial charge is 0.326 e. The second kappa shape index (κ2) is 8.44. The van der Waals surface area contributed by atoms with Gasteiger partial charge >= 0.3 is 0 Å². The highest BCUT2D eigenvalue weighted by Crippen LogP contribution is 2.34. The highest BCUT2D eigenvalue weighted by Gasteiger charge is 2.22. The fourth-order valence-corrected chi connectivity index (χ4v) is 3.26. The van der Waals surface area contributed by atoms with E-state index in [-0.39, 0.29) is 33.3 Å². The first-order valence-corrected chi connectivity index (χ1v) is 8.88. The molecule has 2 aromatic rings. The molecule has 0 saturated carbocycles. The molecule has 1 fully saturated rings. The number of halogens is 2. The van der Waals surface area contributed by atoms with Crippen molar-refractivity contribution < 1.29 is 9.59 Å². The lowest BCUT2D eigenvalue weighted by atomic mass is 9.99. The molecule has 0 radical (unpaired) electrons. The first kappa shape index (κ1) is 18.6. The van der Waals surface area contributed by atoms with E-state index in [4.69, 9.17) is 23.2 Å². The van der Waals surface area contributed by atoms with Crippen molar-refractivity contribution in [2.75, 3.05) is 23.7 Å². The van der Waals surface area contributed by atoms with Gasteiger partial charge in [0.15, 0.2) is 0 Å². The van der Waals surface area contributed by atoms with Crippen LogP contribution in [0.5, 0.6) is 0 Å². The molecule has 1 aliphatic heterocycles. The number of rotatable bonds is 4. The second-order valence-electron chi connectivity index (χ2n) is 5.89. The molecule has 1 aromatic heterocycles. The molecular weight excluding hydrogens is 377 g/mol. The summed E-state index contributed by atoms with van der Waals surface area (Å²) in [5.41, 5.74) is 0.871. The van der Waals surface area contributed by atoms with E-state index in [1.807, 2.05) is 0 Å². The SMILES string of the molecule is O=C(Nc1c(Cl)cc(NC(=O)C2CCCNC2)cc1Cl)c1cnccn1. The van der Waals surface area contributed by atoms with Gasteiger partial charge in [-0.15, -0.1) is 0 Å². The van der Waals surface area contributed by atoms with Crippen LogP contribution in [-0.4, -0.2) is 34.9 Å². The van der Waals surface area contributed by atoms with Gasteiger partial charge in [0.25, 0.3) is 5.91 Å². The van der Waals surface area contributed by atoms with Crippen LogP contribution in [0.3, 0.4) is 0 Å². The second-order valence-corrected chi connectivity index (χ2v) is 6.71. The molecule has 1 saturated heterocycles. The van der Waals surface area contributed by atoms with Crippen molar-refractivity contribution >= 4 is 46.4 Å². The van der Waals surface area contributed by atoms with Crippen molar-refractivity contribution in [1.29, 1.82) is 0 Å². The predicted molar refractivity (Wildman–Crippen MR) is 101 cm³/mol. The Hall–Kier alpha value is -2.22. The number of carbonyl (C=O) groups is 2. The summed E-state index contributed by atoms with van der Waals surface area (Å²) in [6.07, 6.45) is 6.02. The van der Waals surface area contributed by atoms with Crippen LogP contribution in [-0.2, 0) is 4.79 Å². The number of piperidine rings is 1. The molecule has 3 rings (SSSR count). The van der Waals surface area contributed by atoms with Crippen LogP contribution >= 0.6 is 23.2 Å². The first-order valence-electron chi connectivity index (χ1n) is 8.12. The summed E-state index contributed by atoms with van der Waals surface area (Å²) in [5, 5.41) is 9.06. The Balaban J connectivity index is 1.71. The maximum Gasteiger partial charge on any atom is 0.275 e. The van der Waals surface area contributed by atoms with E-state index in [1.54, 1.807) is 12.1 Å². The Bertz CT molecular complexity index is 787. The highest BCUT2D eigenvalue weighted by atomic mass is 35.5. The van der Waals surface area contributed by atoms with E-state index in [0.717, 1.165) is 19.4 Å². The lowest BCUT2D eigenvalue weighted by Crippen LogP contribution is -2.37. The molecule has 0 bridgehead atoms. The van der Waals surface area contributed by atoms with Gasteiger partial charge in [0.2, 0.25) is 5.91 Å². The third kappa shape index (κ3) is 4.49. The van der Waals surface area contributed by atoms with Crippen molar-refractivity contribution in [1.82, 2.24) is 15.3 Å². The number of anilines is 2. The van der Waals surface area contributed by atoms with Crippen LogP contribution in [0.2, 0.25) is 10.0 Å². The lowest BCUT2D eigenvalue weighted by molar-refractivity contribution is -0.120.